The number of aliphatic hydroxyl groups is 1. The highest BCUT2D eigenvalue weighted by molar-refractivity contribution is 5.94. The van der Waals surface area contributed by atoms with Crippen LogP contribution in [0.5, 0.6) is 0 Å². The Kier molecular flexibility index (Phi) is 5.08. The lowest BCUT2D eigenvalue weighted by Gasteiger charge is -2.11. The number of hydrogen-bond donors (Lipinski definition) is 3. The summed E-state index contributed by atoms with van der Waals surface area (Å²) in [5, 5.41) is 12.3. The molecular formula is C16H14F3N3O2. The average molecular weight is 337 g/mol. The van der Waals surface area contributed by atoms with Crippen molar-refractivity contribution in [1.82, 2.24) is 4.98 Å². The van der Waals surface area contributed by atoms with E-state index < -0.39 is 23.4 Å². The fourth-order valence-corrected chi connectivity index (χ4v) is 1.94. The van der Waals surface area contributed by atoms with Crippen LogP contribution in [0.2, 0.25) is 0 Å². The van der Waals surface area contributed by atoms with Crippen molar-refractivity contribution in [2.75, 3.05) is 5.32 Å². The van der Waals surface area contributed by atoms with Gasteiger partial charge in [0.2, 0.25) is 0 Å². The number of pyridine rings is 1. The van der Waals surface area contributed by atoms with Crippen LogP contribution in [0.15, 0.2) is 48.4 Å². The zero-order valence-corrected chi connectivity index (χ0v) is 12.3. The third-order valence-electron chi connectivity index (χ3n) is 3.12. The van der Waals surface area contributed by atoms with Gasteiger partial charge in [-0.1, -0.05) is 12.1 Å². The fraction of sp³-hybridized carbons (Fsp3) is 0.125. The molecule has 0 aliphatic rings. The molecule has 2 rings (SSSR count). The Morgan fingerprint density at radius 3 is 2.71 bits per heavy atom. The van der Waals surface area contributed by atoms with E-state index in [-0.39, 0.29) is 12.2 Å². The second kappa shape index (κ2) is 7.03. The van der Waals surface area contributed by atoms with Gasteiger partial charge >= 0.3 is 6.18 Å². The van der Waals surface area contributed by atoms with Gasteiger partial charge in [0.15, 0.2) is 5.76 Å². The molecule has 0 unspecified atom stereocenters. The van der Waals surface area contributed by atoms with E-state index in [0.29, 0.717) is 11.3 Å². The number of aliphatic hydroxyl groups excluding tert-OH is 1. The predicted octanol–water partition coefficient (Wildman–Crippen LogP) is 3.10. The van der Waals surface area contributed by atoms with E-state index in [1.165, 1.54) is 18.3 Å². The van der Waals surface area contributed by atoms with Crippen molar-refractivity contribution >= 4 is 17.7 Å². The van der Waals surface area contributed by atoms with Gasteiger partial charge in [-0.15, -0.1) is 0 Å². The number of carbonyl (C=O) groups excluding carboxylic acids is 1. The maximum absolute atomic E-state index is 12.7. The van der Waals surface area contributed by atoms with Crippen LogP contribution in [0, 0.1) is 0 Å². The summed E-state index contributed by atoms with van der Waals surface area (Å²) in [5.74, 6) is -1.63. The molecule has 0 bridgehead atoms. The molecule has 1 aromatic heterocycles. The largest absolute Gasteiger partial charge is 0.503 e. The summed E-state index contributed by atoms with van der Waals surface area (Å²) in [6, 6.07) is 7.94. The number of nitrogens with one attached hydrogen (secondary N) is 1. The van der Waals surface area contributed by atoms with Crippen molar-refractivity contribution in [2.24, 2.45) is 5.73 Å². The number of hydrogen-bond acceptors (Lipinski definition) is 4. The van der Waals surface area contributed by atoms with Crippen LogP contribution < -0.4 is 11.1 Å². The van der Waals surface area contributed by atoms with E-state index in [9.17, 15) is 23.1 Å². The molecule has 2 aromatic rings. The lowest BCUT2D eigenvalue weighted by molar-refractivity contribution is -0.137. The van der Waals surface area contributed by atoms with Crippen molar-refractivity contribution in [1.29, 1.82) is 0 Å². The molecule has 1 aromatic carbocycles. The molecule has 24 heavy (non-hydrogen) atoms. The zero-order valence-electron chi connectivity index (χ0n) is 12.3. The first-order chi connectivity index (χ1) is 11.3. The quantitative estimate of drug-likeness (QED) is 0.578. The maximum atomic E-state index is 12.7. The van der Waals surface area contributed by atoms with Crippen LogP contribution >= 0.6 is 0 Å². The van der Waals surface area contributed by atoms with Crippen molar-refractivity contribution in [3.8, 4) is 0 Å². The molecule has 4 N–H and O–H groups in total. The average Bonchev–Trinajstić information content (AvgIpc) is 2.53. The Hall–Kier alpha value is -3.03. The van der Waals surface area contributed by atoms with Gasteiger partial charge < -0.3 is 16.2 Å². The molecule has 0 fully saturated rings. The summed E-state index contributed by atoms with van der Waals surface area (Å²) in [6.45, 7) is 0.0972. The van der Waals surface area contributed by atoms with Crippen LogP contribution in [0.4, 0.5) is 18.9 Å². The zero-order chi connectivity index (χ0) is 17.7. The third kappa shape index (κ3) is 4.48. The van der Waals surface area contributed by atoms with E-state index in [4.69, 9.17) is 5.73 Å². The number of aromatic nitrogens is 1. The maximum Gasteiger partial charge on any atom is 0.416 e. The van der Waals surface area contributed by atoms with Crippen molar-refractivity contribution in [3.63, 3.8) is 0 Å². The third-order valence-corrected chi connectivity index (χ3v) is 3.12. The highest BCUT2D eigenvalue weighted by Crippen LogP contribution is 2.30. The second-order valence-electron chi connectivity index (χ2n) is 4.87. The van der Waals surface area contributed by atoms with E-state index in [2.05, 4.69) is 10.3 Å². The van der Waals surface area contributed by atoms with E-state index >= 15 is 0 Å². The molecule has 1 heterocycles. The summed E-state index contributed by atoms with van der Waals surface area (Å²) in [4.78, 5) is 15.0. The minimum absolute atomic E-state index is 0.0972. The monoisotopic (exact) mass is 337 g/mol. The molecule has 0 aliphatic heterocycles. The summed E-state index contributed by atoms with van der Waals surface area (Å²) in [5.41, 5.74) is 5.32. The predicted molar refractivity (Wildman–Crippen MR) is 82.8 cm³/mol. The van der Waals surface area contributed by atoms with Gasteiger partial charge in [-0.3, -0.25) is 9.78 Å². The molecule has 0 atom stereocenters. The minimum atomic E-state index is -4.43. The Morgan fingerprint density at radius 1 is 1.29 bits per heavy atom. The molecule has 5 nitrogen and oxygen atoms in total. The van der Waals surface area contributed by atoms with Crippen molar-refractivity contribution in [2.45, 2.75) is 12.7 Å². The number of rotatable bonds is 5. The van der Waals surface area contributed by atoms with Gasteiger partial charge in [-0.2, -0.15) is 13.2 Å². The normalized spacial score (nSPS) is 12.0. The number of benzene rings is 1. The highest BCUT2D eigenvalue weighted by atomic mass is 19.4. The van der Waals surface area contributed by atoms with Crippen LogP contribution in [0.25, 0.3) is 6.08 Å². The molecule has 8 heteroatoms. The van der Waals surface area contributed by atoms with Crippen LogP contribution in [-0.2, 0) is 17.5 Å². The summed E-state index contributed by atoms with van der Waals surface area (Å²) < 4.78 is 38.1. The van der Waals surface area contributed by atoms with Gasteiger partial charge in [0.1, 0.15) is 0 Å². The first kappa shape index (κ1) is 17.3. The van der Waals surface area contributed by atoms with Crippen LogP contribution in [0.1, 0.15) is 16.8 Å². The molecule has 1 amide bonds. The lowest BCUT2D eigenvalue weighted by atomic mass is 10.1. The molecule has 0 aliphatic carbocycles. The molecule has 0 saturated carbocycles. The van der Waals surface area contributed by atoms with Crippen LogP contribution in [-0.4, -0.2) is 16.0 Å². The Balaban J connectivity index is 2.19. The minimum Gasteiger partial charge on any atom is -0.503 e. The number of anilines is 1. The Bertz CT molecular complexity index is 773. The van der Waals surface area contributed by atoms with E-state index in [1.54, 1.807) is 12.1 Å². The van der Waals surface area contributed by atoms with Crippen LogP contribution in [0.3, 0.4) is 0 Å². The smallest absolute Gasteiger partial charge is 0.416 e. The number of alkyl halides is 3. The fourth-order valence-electron chi connectivity index (χ4n) is 1.94. The van der Waals surface area contributed by atoms with Gasteiger partial charge in [0, 0.05) is 17.4 Å². The number of primary amides is 1. The van der Waals surface area contributed by atoms with Gasteiger partial charge in [0.05, 0.1) is 17.8 Å². The topological polar surface area (TPSA) is 88.2 Å². The highest BCUT2D eigenvalue weighted by Gasteiger charge is 2.30. The van der Waals surface area contributed by atoms with Gasteiger partial charge in [0.25, 0.3) is 5.91 Å². The molecule has 126 valence electrons. The number of nitrogens with zero attached hydrogens (tertiary/aromatic N) is 1. The van der Waals surface area contributed by atoms with Gasteiger partial charge in [-0.25, -0.2) is 0 Å². The molecule has 0 radical (unpaired) electrons. The summed E-state index contributed by atoms with van der Waals surface area (Å²) in [7, 11) is 0. The first-order valence-corrected chi connectivity index (χ1v) is 6.83. The molecular weight excluding hydrogens is 323 g/mol. The molecule has 0 spiro atoms. The number of amides is 1. The Labute approximate surface area is 135 Å². The van der Waals surface area contributed by atoms with E-state index in [0.717, 1.165) is 18.2 Å². The summed E-state index contributed by atoms with van der Waals surface area (Å²) >= 11 is 0. The SMILES string of the molecule is NC(=O)C(O)=Cc1cccnc1CNc1cccc(C(F)(F)F)c1. The van der Waals surface area contributed by atoms with Crippen molar-refractivity contribution in [3.05, 3.63) is 65.2 Å². The first-order valence-electron chi connectivity index (χ1n) is 6.83. The Morgan fingerprint density at radius 2 is 2.04 bits per heavy atom. The van der Waals surface area contributed by atoms with E-state index in [1.807, 2.05) is 0 Å². The number of carbonyl (C=O) groups is 1. The van der Waals surface area contributed by atoms with Crippen molar-refractivity contribution < 1.29 is 23.1 Å². The number of nitrogens with two attached hydrogens (primary N) is 1. The lowest BCUT2D eigenvalue weighted by Crippen LogP contribution is -2.13. The molecule has 0 saturated heterocycles. The van der Waals surface area contributed by atoms with Gasteiger partial charge in [-0.05, 0) is 30.3 Å². The standard InChI is InChI=1S/C16H14F3N3O2/c17-16(18,19)11-4-1-5-12(8-11)22-9-13-10(3-2-6-21-13)7-14(23)15(20)24/h1-8,22-23H,9H2,(H2,20,24). The summed E-state index contributed by atoms with van der Waals surface area (Å²) in [6.07, 6.45) is -1.79. The second-order valence-corrected chi connectivity index (χ2v) is 4.87. The number of halogens is 3.